The summed E-state index contributed by atoms with van der Waals surface area (Å²) in [5.41, 5.74) is 14.3. The van der Waals surface area contributed by atoms with Crippen molar-refractivity contribution in [2.45, 2.75) is 37.6 Å². The Labute approximate surface area is 140 Å². The van der Waals surface area contributed by atoms with Crippen LogP contribution in [0.5, 0.6) is 0 Å². The quantitative estimate of drug-likeness (QED) is 0.574. The molecule has 122 valence electrons. The van der Waals surface area contributed by atoms with Crippen molar-refractivity contribution in [3.63, 3.8) is 0 Å². The molecule has 0 fully saturated rings. The summed E-state index contributed by atoms with van der Waals surface area (Å²) < 4.78 is 0. The number of hydrogen-bond acceptors (Lipinski definition) is 6. The van der Waals surface area contributed by atoms with E-state index in [1.54, 1.807) is 6.92 Å². The van der Waals surface area contributed by atoms with Crippen molar-refractivity contribution in [2.24, 2.45) is 0 Å². The van der Waals surface area contributed by atoms with Gasteiger partial charge in [0.2, 0.25) is 5.91 Å². The minimum atomic E-state index is -0.375. The van der Waals surface area contributed by atoms with Gasteiger partial charge in [-0.3, -0.25) is 4.79 Å². The lowest BCUT2D eigenvalue weighted by atomic mass is 10.1. The molecule has 0 aliphatic heterocycles. The number of nitrogen functional groups attached to an aromatic ring is 2. The molecule has 1 atom stereocenters. The monoisotopic (exact) mass is 331 g/mol. The Morgan fingerprint density at radius 3 is 2.57 bits per heavy atom. The first-order valence-electron chi connectivity index (χ1n) is 7.36. The van der Waals surface area contributed by atoms with Crippen molar-refractivity contribution in [1.29, 1.82) is 0 Å². The predicted octanol–water partition coefficient (Wildman–Crippen LogP) is 2.63. The van der Waals surface area contributed by atoms with E-state index < -0.39 is 0 Å². The van der Waals surface area contributed by atoms with Crippen LogP contribution in [0.2, 0.25) is 0 Å². The number of nitrogens with two attached hydrogens (primary N) is 2. The number of carbonyl (C=O) groups is 1. The highest BCUT2D eigenvalue weighted by molar-refractivity contribution is 8.00. The van der Waals surface area contributed by atoms with Crippen LogP contribution < -0.4 is 16.8 Å². The highest BCUT2D eigenvalue weighted by atomic mass is 32.2. The number of carbonyl (C=O) groups excluding carboxylic acids is 1. The lowest BCUT2D eigenvalue weighted by Crippen LogP contribution is -2.24. The van der Waals surface area contributed by atoms with Gasteiger partial charge < -0.3 is 16.8 Å². The van der Waals surface area contributed by atoms with Gasteiger partial charge in [0.1, 0.15) is 11.6 Å². The van der Waals surface area contributed by atoms with E-state index in [4.69, 9.17) is 11.5 Å². The number of nitrogens with zero attached hydrogens (tertiary/aromatic N) is 2. The second kappa shape index (κ2) is 7.32. The van der Waals surface area contributed by atoms with Gasteiger partial charge in [-0.2, -0.15) is 0 Å². The molecule has 1 aromatic carbocycles. The molecule has 0 bridgehead atoms. The molecule has 2 rings (SSSR count). The summed E-state index contributed by atoms with van der Waals surface area (Å²) in [5, 5.41) is 3.02. The number of thioether (sulfide) groups is 1. The van der Waals surface area contributed by atoms with Crippen molar-refractivity contribution >= 4 is 35.0 Å². The Morgan fingerprint density at radius 2 is 1.96 bits per heavy atom. The van der Waals surface area contributed by atoms with Gasteiger partial charge in [-0.1, -0.05) is 36.9 Å². The number of aromatic nitrogens is 2. The first-order valence-corrected chi connectivity index (χ1v) is 8.24. The Balaban J connectivity index is 2.11. The van der Waals surface area contributed by atoms with E-state index >= 15 is 0 Å². The molecule has 0 spiro atoms. The lowest BCUT2D eigenvalue weighted by molar-refractivity contribution is -0.115. The normalized spacial score (nSPS) is 12.0. The van der Waals surface area contributed by atoms with Crippen LogP contribution >= 0.6 is 11.8 Å². The first kappa shape index (κ1) is 17.1. The largest absolute Gasteiger partial charge is 0.383 e. The Morgan fingerprint density at radius 1 is 1.30 bits per heavy atom. The molecular formula is C16H21N5OS. The minimum absolute atomic E-state index is 0.108. The van der Waals surface area contributed by atoms with Crippen LogP contribution in [0.4, 0.5) is 17.3 Å². The number of anilines is 3. The summed E-state index contributed by atoms with van der Waals surface area (Å²) in [4.78, 5) is 20.6. The number of rotatable bonds is 5. The molecular weight excluding hydrogens is 310 g/mol. The van der Waals surface area contributed by atoms with Gasteiger partial charge in [0, 0.05) is 11.8 Å². The van der Waals surface area contributed by atoms with Crippen LogP contribution in [0.25, 0.3) is 0 Å². The SMILES string of the molecule is CCc1cccc(C)c1NC(=O)C(C)Sc1nc(N)cc(N)n1. The average molecular weight is 331 g/mol. The topological polar surface area (TPSA) is 107 Å². The predicted molar refractivity (Wildman–Crippen MR) is 95.4 cm³/mol. The summed E-state index contributed by atoms with van der Waals surface area (Å²) in [6.45, 7) is 5.84. The number of benzene rings is 1. The lowest BCUT2D eigenvalue weighted by Gasteiger charge is -2.16. The van der Waals surface area contributed by atoms with E-state index in [-0.39, 0.29) is 11.2 Å². The average Bonchev–Trinajstić information content (AvgIpc) is 2.48. The Bertz CT molecular complexity index is 699. The van der Waals surface area contributed by atoms with Crippen molar-refractivity contribution in [3.8, 4) is 0 Å². The zero-order valence-electron chi connectivity index (χ0n) is 13.5. The highest BCUT2D eigenvalue weighted by Gasteiger charge is 2.18. The summed E-state index contributed by atoms with van der Waals surface area (Å²) in [5.74, 6) is 0.475. The number of nitrogens with one attached hydrogen (secondary N) is 1. The van der Waals surface area contributed by atoms with Crippen LogP contribution in [-0.4, -0.2) is 21.1 Å². The van der Waals surface area contributed by atoms with Gasteiger partial charge in [0.25, 0.3) is 0 Å². The first-order chi connectivity index (χ1) is 10.9. The molecule has 0 radical (unpaired) electrons. The second-order valence-electron chi connectivity index (χ2n) is 5.21. The zero-order valence-corrected chi connectivity index (χ0v) is 14.3. The Hall–Kier alpha value is -2.28. The number of hydrogen-bond donors (Lipinski definition) is 3. The maximum Gasteiger partial charge on any atom is 0.237 e. The molecule has 0 aliphatic rings. The van der Waals surface area contributed by atoms with Gasteiger partial charge in [-0.15, -0.1) is 0 Å². The fourth-order valence-corrected chi connectivity index (χ4v) is 2.95. The van der Waals surface area contributed by atoms with E-state index in [1.165, 1.54) is 17.8 Å². The zero-order chi connectivity index (χ0) is 17.0. The molecule has 1 heterocycles. The van der Waals surface area contributed by atoms with Gasteiger partial charge in [-0.25, -0.2) is 9.97 Å². The van der Waals surface area contributed by atoms with Gasteiger partial charge in [0.05, 0.1) is 5.25 Å². The van der Waals surface area contributed by atoms with E-state index in [0.717, 1.165) is 23.2 Å². The van der Waals surface area contributed by atoms with Crippen LogP contribution in [0, 0.1) is 6.92 Å². The third-order valence-corrected chi connectivity index (χ3v) is 4.35. The van der Waals surface area contributed by atoms with E-state index in [0.29, 0.717) is 16.8 Å². The van der Waals surface area contributed by atoms with Crippen molar-refractivity contribution in [2.75, 3.05) is 16.8 Å². The second-order valence-corrected chi connectivity index (χ2v) is 6.52. The summed E-state index contributed by atoms with van der Waals surface area (Å²) in [6, 6.07) is 7.47. The molecule has 0 aliphatic carbocycles. The van der Waals surface area contributed by atoms with E-state index in [1.807, 2.05) is 25.1 Å². The van der Waals surface area contributed by atoms with Crippen LogP contribution in [0.15, 0.2) is 29.4 Å². The number of para-hydroxylation sites is 1. The molecule has 23 heavy (non-hydrogen) atoms. The van der Waals surface area contributed by atoms with Crippen LogP contribution in [0.3, 0.4) is 0 Å². The number of amides is 1. The molecule has 7 heteroatoms. The maximum atomic E-state index is 12.5. The molecule has 6 nitrogen and oxygen atoms in total. The fraction of sp³-hybridized carbons (Fsp3) is 0.312. The van der Waals surface area contributed by atoms with E-state index in [2.05, 4.69) is 22.2 Å². The highest BCUT2D eigenvalue weighted by Crippen LogP contribution is 2.25. The molecule has 1 amide bonds. The molecule has 1 unspecified atom stereocenters. The number of aryl methyl sites for hydroxylation is 2. The summed E-state index contributed by atoms with van der Waals surface area (Å²) in [7, 11) is 0. The molecule has 0 saturated carbocycles. The van der Waals surface area contributed by atoms with Gasteiger partial charge >= 0.3 is 0 Å². The summed E-state index contributed by atoms with van der Waals surface area (Å²) >= 11 is 1.22. The van der Waals surface area contributed by atoms with Crippen LogP contribution in [-0.2, 0) is 11.2 Å². The van der Waals surface area contributed by atoms with E-state index in [9.17, 15) is 4.79 Å². The molecule has 2 aromatic rings. The maximum absolute atomic E-state index is 12.5. The van der Waals surface area contributed by atoms with Crippen LogP contribution in [0.1, 0.15) is 25.0 Å². The van der Waals surface area contributed by atoms with Gasteiger partial charge in [-0.05, 0) is 31.4 Å². The summed E-state index contributed by atoms with van der Waals surface area (Å²) in [6.07, 6.45) is 0.855. The molecule has 1 aromatic heterocycles. The minimum Gasteiger partial charge on any atom is -0.383 e. The Kier molecular flexibility index (Phi) is 5.44. The standard InChI is InChI=1S/C16H21N5OS/c1-4-11-7-5-6-9(2)14(11)21-15(22)10(3)23-16-19-12(17)8-13(18)20-16/h5-8,10H,4H2,1-3H3,(H,21,22)(H4,17,18,19,20). The molecule has 5 N–H and O–H groups in total. The third-order valence-electron chi connectivity index (χ3n) is 3.38. The third kappa shape index (κ3) is 4.35. The van der Waals surface area contributed by atoms with Crippen molar-refractivity contribution in [3.05, 3.63) is 35.4 Å². The fourth-order valence-electron chi connectivity index (χ4n) is 2.15. The smallest absolute Gasteiger partial charge is 0.237 e. The van der Waals surface area contributed by atoms with Gasteiger partial charge in [0.15, 0.2) is 5.16 Å². The van der Waals surface area contributed by atoms with Crippen molar-refractivity contribution < 1.29 is 4.79 Å². The van der Waals surface area contributed by atoms with Crippen molar-refractivity contribution in [1.82, 2.24) is 9.97 Å². The molecule has 0 saturated heterocycles.